The van der Waals surface area contributed by atoms with Gasteiger partial charge in [0.05, 0.1) is 11.3 Å². The molecular weight excluding hydrogens is 396 g/mol. The Morgan fingerprint density at radius 3 is 2.35 bits per heavy atom. The van der Waals surface area contributed by atoms with Gasteiger partial charge in [-0.2, -0.15) is 0 Å². The molecule has 8 nitrogen and oxygen atoms in total. The van der Waals surface area contributed by atoms with Crippen LogP contribution in [0.4, 0.5) is 4.79 Å². The summed E-state index contributed by atoms with van der Waals surface area (Å²) in [6.45, 7) is 0.634. The first-order valence-corrected chi connectivity index (χ1v) is 9.69. The third-order valence-electron chi connectivity index (χ3n) is 4.93. The molecule has 8 heteroatoms. The van der Waals surface area contributed by atoms with Gasteiger partial charge in [-0.25, -0.2) is 14.8 Å². The highest BCUT2D eigenvalue weighted by atomic mass is 16.5. The molecule has 0 saturated carbocycles. The maximum Gasteiger partial charge on any atom is 0.407 e. The summed E-state index contributed by atoms with van der Waals surface area (Å²) in [6, 6.07) is 16.6. The highest BCUT2D eigenvalue weighted by molar-refractivity contribution is 5.98. The molecule has 31 heavy (non-hydrogen) atoms. The number of hydrogen-bond acceptors (Lipinski definition) is 5. The van der Waals surface area contributed by atoms with E-state index in [1.165, 1.54) is 11.1 Å². The zero-order valence-electron chi connectivity index (χ0n) is 16.6. The van der Waals surface area contributed by atoms with Crippen molar-refractivity contribution in [1.82, 2.24) is 14.9 Å². The van der Waals surface area contributed by atoms with Crippen molar-refractivity contribution in [3.63, 3.8) is 0 Å². The van der Waals surface area contributed by atoms with Gasteiger partial charge in [0.25, 0.3) is 5.91 Å². The lowest BCUT2D eigenvalue weighted by atomic mass is 10.0. The Bertz CT molecular complexity index is 1140. The zero-order valence-corrected chi connectivity index (χ0v) is 16.6. The van der Waals surface area contributed by atoms with Crippen molar-refractivity contribution in [1.29, 1.82) is 0 Å². The summed E-state index contributed by atoms with van der Waals surface area (Å²) in [5.41, 5.74) is 7.70. The van der Waals surface area contributed by atoms with Crippen molar-refractivity contribution in [3.8, 4) is 22.8 Å². The Morgan fingerprint density at radius 2 is 1.74 bits per heavy atom. The Morgan fingerprint density at radius 1 is 1.03 bits per heavy atom. The maximum absolute atomic E-state index is 11.9. The number of carbonyl (C=O) groups excluding carboxylic acids is 1. The topological polar surface area (TPSA) is 119 Å². The number of rotatable bonds is 5. The third kappa shape index (κ3) is 4.53. The van der Waals surface area contributed by atoms with Crippen molar-refractivity contribution in [2.45, 2.75) is 6.42 Å². The molecule has 4 rings (SSSR count). The van der Waals surface area contributed by atoms with Gasteiger partial charge in [0.1, 0.15) is 11.5 Å². The number of nitrogens with two attached hydrogens (primary N) is 1. The number of ether oxygens (including phenoxy) is 1. The molecule has 0 saturated heterocycles. The van der Waals surface area contributed by atoms with Crippen molar-refractivity contribution >= 4 is 17.6 Å². The average molecular weight is 416 g/mol. The number of benzene rings is 2. The Balaban J connectivity index is 1.63. The molecule has 3 aromatic rings. The fraction of sp³-hybridized carbons (Fsp3) is 0.130. The summed E-state index contributed by atoms with van der Waals surface area (Å²) < 4.78 is 5.81. The van der Waals surface area contributed by atoms with E-state index in [-0.39, 0.29) is 12.1 Å². The molecule has 156 valence electrons. The van der Waals surface area contributed by atoms with Crippen LogP contribution in [0, 0.1) is 0 Å². The zero-order chi connectivity index (χ0) is 21.8. The van der Waals surface area contributed by atoms with E-state index in [1.807, 2.05) is 30.3 Å². The SMILES string of the molecule is NC(=O)c1cnc(C2=CCN(C(=O)O)CC2)nc1-c1ccc(Oc2ccccc2)cc1. The summed E-state index contributed by atoms with van der Waals surface area (Å²) in [6.07, 6.45) is 2.74. The van der Waals surface area contributed by atoms with Crippen LogP contribution < -0.4 is 10.5 Å². The number of hydrogen-bond donors (Lipinski definition) is 2. The van der Waals surface area contributed by atoms with Crippen LogP contribution in [-0.2, 0) is 0 Å². The Labute approximate surface area is 178 Å². The minimum Gasteiger partial charge on any atom is -0.465 e. The Hall–Kier alpha value is -4.20. The van der Waals surface area contributed by atoms with E-state index in [9.17, 15) is 9.59 Å². The second-order valence-corrected chi connectivity index (χ2v) is 6.97. The first kappa shape index (κ1) is 20.1. The molecule has 2 heterocycles. The molecule has 0 aliphatic carbocycles. The molecule has 2 amide bonds. The second-order valence-electron chi connectivity index (χ2n) is 6.97. The van der Waals surface area contributed by atoms with Gasteiger partial charge in [-0.05, 0) is 48.4 Å². The van der Waals surface area contributed by atoms with Gasteiger partial charge in [0, 0.05) is 24.8 Å². The van der Waals surface area contributed by atoms with E-state index in [4.69, 9.17) is 15.6 Å². The lowest BCUT2D eigenvalue weighted by Crippen LogP contribution is -2.33. The first-order chi connectivity index (χ1) is 15.0. The van der Waals surface area contributed by atoms with Gasteiger partial charge in [-0.1, -0.05) is 24.3 Å². The molecule has 1 aliphatic heterocycles. The number of para-hydroxylation sites is 1. The van der Waals surface area contributed by atoms with E-state index in [0.29, 0.717) is 35.8 Å². The van der Waals surface area contributed by atoms with E-state index >= 15 is 0 Å². The maximum atomic E-state index is 11.9. The molecule has 2 aromatic carbocycles. The molecule has 0 radical (unpaired) electrons. The van der Waals surface area contributed by atoms with Gasteiger partial charge in [-0.15, -0.1) is 0 Å². The second kappa shape index (κ2) is 8.66. The van der Waals surface area contributed by atoms with Crippen LogP contribution >= 0.6 is 0 Å². The van der Waals surface area contributed by atoms with Gasteiger partial charge in [0.2, 0.25) is 0 Å². The molecule has 0 fully saturated rings. The number of amides is 2. The summed E-state index contributed by atoms with van der Waals surface area (Å²) in [5, 5.41) is 9.10. The predicted molar refractivity (Wildman–Crippen MR) is 115 cm³/mol. The minimum atomic E-state index is -0.959. The number of primary amides is 1. The van der Waals surface area contributed by atoms with Crippen LogP contribution in [-0.4, -0.2) is 45.1 Å². The number of aromatic nitrogens is 2. The van der Waals surface area contributed by atoms with Gasteiger partial charge in [0.15, 0.2) is 5.82 Å². The van der Waals surface area contributed by atoms with Gasteiger partial charge in [-0.3, -0.25) is 4.79 Å². The number of nitrogens with zero attached hydrogens (tertiary/aromatic N) is 3. The van der Waals surface area contributed by atoms with Crippen LogP contribution in [0.3, 0.4) is 0 Å². The quantitative estimate of drug-likeness (QED) is 0.653. The number of carbonyl (C=O) groups is 2. The van der Waals surface area contributed by atoms with Crippen molar-refractivity contribution in [2.24, 2.45) is 5.73 Å². The lowest BCUT2D eigenvalue weighted by molar-refractivity contribution is 0.1000. The molecular formula is C23H20N4O4. The van der Waals surface area contributed by atoms with E-state index < -0.39 is 12.0 Å². The van der Waals surface area contributed by atoms with Gasteiger partial charge >= 0.3 is 6.09 Å². The Kier molecular flexibility index (Phi) is 5.61. The molecule has 3 N–H and O–H groups in total. The first-order valence-electron chi connectivity index (χ1n) is 9.69. The summed E-state index contributed by atoms with van der Waals surface area (Å²) >= 11 is 0. The summed E-state index contributed by atoms with van der Waals surface area (Å²) in [7, 11) is 0. The normalized spacial score (nSPS) is 13.4. The van der Waals surface area contributed by atoms with Crippen LogP contribution in [0.2, 0.25) is 0 Å². The molecule has 0 unspecified atom stereocenters. The fourth-order valence-electron chi connectivity index (χ4n) is 3.29. The largest absolute Gasteiger partial charge is 0.465 e. The van der Waals surface area contributed by atoms with Crippen molar-refractivity contribution < 1.29 is 19.4 Å². The van der Waals surface area contributed by atoms with E-state index in [0.717, 1.165) is 11.3 Å². The molecule has 0 bridgehead atoms. The lowest BCUT2D eigenvalue weighted by Gasteiger charge is -2.23. The average Bonchev–Trinajstić information content (AvgIpc) is 2.80. The molecule has 1 aromatic heterocycles. The van der Waals surface area contributed by atoms with Crippen molar-refractivity contribution in [3.05, 3.63) is 78.3 Å². The standard InChI is InChI=1S/C23H20N4O4/c24-21(28)19-14-25-22(16-10-12-27(13-11-16)23(29)30)26-20(19)15-6-8-18(9-7-15)31-17-4-2-1-3-5-17/h1-10,14H,11-13H2,(H2,24,28)(H,29,30). The van der Waals surface area contributed by atoms with E-state index in [1.54, 1.807) is 30.3 Å². The monoisotopic (exact) mass is 416 g/mol. The third-order valence-corrected chi connectivity index (χ3v) is 4.93. The van der Waals surface area contributed by atoms with Crippen LogP contribution in [0.5, 0.6) is 11.5 Å². The summed E-state index contributed by atoms with van der Waals surface area (Å²) in [5.74, 6) is 1.20. The highest BCUT2D eigenvalue weighted by Crippen LogP contribution is 2.28. The van der Waals surface area contributed by atoms with E-state index in [2.05, 4.69) is 9.97 Å². The van der Waals surface area contributed by atoms with Crippen LogP contribution in [0.1, 0.15) is 22.6 Å². The van der Waals surface area contributed by atoms with Crippen LogP contribution in [0.25, 0.3) is 16.8 Å². The van der Waals surface area contributed by atoms with Gasteiger partial charge < -0.3 is 20.5 Å². The summed E-state index contributed by atoms with van der Waals surface area (Å²) in [4.78, 5) is 33.2. The fourth-order valence-corrected chi connectivity index (χ4v) is 3.29. The smallest absolute Gasteiger partial charge is 0.407 e. The molecule has 1 aliphatic rings. The predicted octanol–water partition coefficient (Wildman–Crippen LogP) is 3.80. The minimum absolute atomic E-state index is 0.212. The number of carboxylic acid groups (broad SMARTS) is 1. The molecule has 0 atom stereocenters. The van der Waals surface area contributed by atoms with Crippen LogP contribution in [0.15, 0.2) is 66.9 Å². The highest BCUT2D eigenvalue weighted by Gasteiger charge is 2.20. The van der Waals surface area contributed by atoms with Crippen molar-refractivity contribution in [2.75, 3.05) is 13.1 Å². The molecule has 0 spiro atoms.